The topological polar surface area (TPSA) is 82.5 Å². The number of aliphatic hydroxyl groups excluding tert-OH is 1. The number of amides is 1. The molecule has 1 heterocycles. The SMILES string of the molecule is CCC(O)CCNC(=O)/C=C/c1cncc(O)c1. The molecule has 1 aromatic rings. The zero-order valence-corrected chi connectivity index (χ0v) is 10.3. The summed E-state index contributed by atoms with van der Waals surface area (Å²) in [4.78, 5) is 15.2. The number of hydrogen-bond acceptors (Lipinski definition) is 4. The molecule has 0 aliphatic rings. The van der Waals surface area contributed by atoms with Crippen molar-refractivity contribution in [2.45, 2.75) is 25.9 Å². The maximum atomic E-state index is 11.4. The molecule has 0 aliphatic heterocycles. The second-order valence-corrected chi connectivity index (χ2v) is 3.95. The number of aromatic hydroxyl groups is 1. The molecule has 0 spiro atoms. The van der Waals surface area contributed by atoms with E-state index in [1.54, 1.807) is 12.3 Å². The van der Waals surface area contributed by atoms with E-state index in [1.807, 2.05) is 6.92 Å². The van der Waals surface area contributed by atoms with Crippen LogP contribution in [0.3, 0.4) is 0 Å². The standard InChI is InChI=1S/C13H18N2O3/c1-2-11(16)5-6-15-13(18)4-3-10-7-12(17)9-14-8-10/h3-4,7-9,11,16-17H,2,5-6H2,1H3,(H,15,18)/b4-3+. The number of carbonyl (C=O) groups excluding carboxylic acids is 1. The van der Waals surface area contributed by atoms with Gasteiger partial charge in [0.2, 0.25) is 5.91 Å². The van der Waals surface area contributed by atoms with Gasteiger partial charge in [-0.15, -0.1) is 0 Å². The summed E-state index contributed by atoms with van der Waals surface area (Å²) in [5.74, 6) is -0.176. The van der Waals surface area contributed by atoms with Gasteiger partial charge in [-0.1, -0.05) is 6.92 Å². The van der Waals surface area contributed by atoms with Crippen molar-refractivity contribution in [2.75, 3.05) is 6.54 Å². The molecular weight excluding hydrogens is 232 g/mol. The number of nitrogens with one attached hydrogen (secondary N) is 1. The molecule has 0 bridgehead atoms. The first-order chi connectivity index (χ1) is 8.61. The van der Waals surface area contributed by atoms with Gasteiger partial charge in [0, 0.05) is 18.8 Å². The molecule has 0 fully saturated rings. The van der Waals surface area contributed by atoms with Crippen LogP contribution in [0.1, 0.15) is 25.3 Å². The fourth-order valence-electron chi connectivity index (χ4n) is 1.33. The van der Waals surface area contributed by atoms with E-state index in [0.29, 0.717) is 24.9 Å². The van der Waals surface area contributed by atoms with Crippen LogP contribution in [0.2, 0.25) is 0 Å². The third-order valence-electron chi connectivity index (χ3n) is 2.42. The Labute approximate surface area is 106 Å². The number of hydrogen-bond donors (Lipinski definition) is 3. The van der Waals surface area contributed by atoms with Crippen LogP contribution >= 0.6 is 0 Å². The van der Waals surface area contributed by atoms with Gasteiger partial charge in [-0.05, 0) is 30.5 Å². The largest absolute Gasteiger partial charge is 0.506 e. The molecule has 5 nitrogen and oxygen atoms in total. The lowest BCUT2D eigenvalue weighted by molar-refractivity contribution is -0.116. The average molecular weight is 250 g/mol. The molecule has 3 N–H and O–H groups in total. The second-order valence-electron chi connectivity index (χ2n) is 3.95. The molecule has 18 heavy (non-hydrogen) atoms. The fourth-order valence-corrected chi connectivity index (χ4v) is 1.33. The van der Waals surface area contributed by atoms with Crippen LogP contribution in [0.25, 0.3) is 6.08 Å². The number of carbonyl (C=O) groups is 1. The number of aromatic nitrogens is 1. The minimum absolute atomic E-state index is 0.0589. The highest BCUT2D eigenvalue weighted by molar-refractivity contribution is 5.91. The monoisotopic (exact) mass is 250 g/mol. The molecule has 0 aromatic carbocycles. The van der Waals surface area contributed by atoms with Gasteiger partial charge in [-0.3, -0.25) is 9.78 Å². The Kier molecular flexibility index (Phi) is 5.87. The number of pyridine rings is 1. The predicted molar refractivity (Wildman–Crippen MR) is 68.9 cm³/mol. The summed E-state index contributed by atoms with van der Waals surface area (Å²) in [5, 5.41) is 21.2. The molecule has 0 saturated carbocycles. The fraction of sp³-hybridized carbons (Fsp3) is 0.385. The maximum Gasteiger partial charge on any atom is 0.244 e. The van der Waals surface area contributed by atoms with Gasteiger partial charge in [0.15, 0.2) is 0 Å². The average Bonchev–Trinajstić information content (AvgIpc) is 2.36. The van der Waals surface area contributed by atoms with Gasteiger partial charge < -0.3 is 15.5 Å². The lowest BCUT2D eigenvalue weighted by Gasteiger charge is -2.07. The lowest BCUT2D eigenvalue weighted by atomic mass is 10.2. The minimum Gasteiger partial charge on any atom is -0.506 e. The normalized spacial score (nSPS) is 12.6. The van der Waals surface area contributed by atoms with Crippen LogP contribution in [0.15, 0.2) is 24.5 Å². The molecule has 0 aliphatic carbocycles. The predicted octanol–water partition coefficient (Wildman–Crippen LogP) is 1.08. The van der Waals surface area contributed by atoms with Crippen molar-refractivity contribution in [1.29, 1.82) is 0 Å². The van der Waals surface area contributed by atoms with E-state index < -0.39 is 0 Å². The van der Waals surface area contributed by atoms with Crippen LogP contribution < -0.4 is 5.32 Å². The quantitative estimate of drug-likeness (QED) is 0.660. The van der Waals surface area contributed by atoms with E-state index in [9.17, 15) is 15.0 Å². The molecule has 5 heteroatoms. The summed E-state index contributed by atoms with van der Waals surface area (Å²) in [7, 11) is 0. The van der Waals surface area contributed by atoms with Crippen LogP contribution in [0.5, 0.6) is 5.75 Å². The van der Waals surface area contributed by atoms with Crippen molar-refractivity contribution in [1.82, 2.24) is 10.3 Å². The summed E-state index contributed by atoms with van der Waals surface area (Å²) in [5.41, 5.74) is 0.652. The van der Waals surface area contributed by atoms with Crippen molar-refractivity contribution in [2.24, 2.45) is 0 Å². The van der Waals surface area contributed by atoms with Crippen LogP contribution in [0, 0.1) is 0 Å². The van der Waals surface area contributed by atoms with Crippen LogP contribution in [-0.2, 0) is 4.79 Å². The van der Waals surface area contributed by atoms with E-state index in [1.165, 1.54) is 18.3 Å². The zero-order chi connectivity index (χ0) is 13.4. The van der Waals surface area contributed by atoms with Gasteiger partial charge in [0.25, 0.3) is 0 Å². The molecule has 1 rings (SSSR count). The van der Waals surface area contributed by atoms with Crippen molar-refractivity contribution in [3.05, 3.63) is 30.1 Å². The zero-order valence-electron chi connectivity index (χ0n) is 10.3. The summed E-state index contributed by atoms with van der Waals surface area (Å²) < 4.78 is 0. The second kappa shape index (κ2) is 7.45. The van der Waals surface area contributed by atoms with Crippen molar-refractivity contribution in [3.8, 4) is 5.75 Å². The molecule has 1 aromatic heterocycles. The Morgan fingerprint density at radius 1 is 1.56 bits per heavy atom. The molecular formula is C13H18N2O3. The minimum atomic E-state index is -0.371. The Hall–Kier alpha value is -1.88. The van der Waals surface area contributed by atoms with Gasteiger partial charge in [0.1, 0.15) is 5.75 Å². The Morgan fingerprint density at radius 2 is 2.33 bits per heavy atom. The first-order valence-corrected chi connectivity index (χ1v) is 5.89. The highest BCUT2D eigenvalue weighted by Crippen LogP contribution is 2.09. The molecule has 1 atom stereocenters. The van der Waals surface area contributed by atoms with Crippen molar-refractivity contribution >= 4 is 12.0 Å². The van der Waals surface area contributed by atoms with E-state index in [-0.39, 0.29) is 17.8 Å². The Morgan fingerprint density at radius 3 is 3.00 bits per heavy atom. The molecule has 98 valence electrons. The van der Waals surface area contributed by atoms with Gasteiger partial charge >= 0.3 is 0 Å². The Balaban J connectivity index is 2.36. The van der Waals surface area contributed by atoms with Crippen molar-refractivity contribution in [3.63, 3.8) is 0 Å². The molecule has 1 unspecified atom stereocenters. The van der Waals surface area contributed by atoms with Crippen LogP contribution in [-0.4, -0.2) is 33.8 Å². The third kappa shape index (κ3) is 5.45. The summed E-state index contributed by atoms with van der Waals surface area (Å²) in [6.07, 6.45) is 6.66. The van der Waals surface area contributed by atoms with E-state index in [0.717, 1.165) is 0 Å². The summed E-state index contributed by atoms with van der Waals surface area (Å²) in [6.45, 7) is 2.33. The lowest BCUT2D eigenvalue weighted by Crippen LogP contribution is -2.25. The van der Waals surface area contributed by atoms with Gasteiger partial charge in [-0.2, -0.15) is 0 Å². The van der Waals surface area contributed by atoms with E-state index in [2.05, 4.69) is 10.3 Å². The number of aliphatic hydroxyl groups is 1. The van der Waals surface area contributed by atoms with Crippen LogP contribution in [0.4, 0.5) is 0 Å². The molecule has 0 radical (unpaired) electrons. The summed E-state index contributed by atoms with van der Waals surface area (Å²) >= 11 is 0. The van der Waals surface area contributed by atoms with E-state index in [4.69, 9.17) is 0 Å². The first-order valence-electron chi connectivity index (χ1n) is 5.89. The van der Waals surface area contributed by atoms with Gasteiger partial charge in [-0.25, -0.2) is 0 Å². The van der Waals surface area contributed by atoms with Crippen molar-refractivity contribution < 1.29 is 15.0 Å². The third-order valence-corrected chi connectivity index (χ3v) is 2.42. The van der Waals surface area contributed by atoms with E-state index >= 15 is 0 Å². The Bertz CT molecular complexity index is 418. The highest BCUT2D eigenvalue weighted by Gasteiger charge is 2.01. The highest BCUT2D eigenvalue weighted by atomic mass is 16.3. The number of rotatable bonds is 6. The molecule has 0 saturated heterocycles. The first kappa shape index (κ1) is 14.2. The number of nitrogens with zero attached hydrogens (tertiary/aromatic N) is 1. The maximum absolute atomic E-state index is 11.4. The smallest absolute Gasteiger partial charge is 0.244 e. The van der Waals surface area contributed by atoms with Gasteiger partial charge in [0.05, 0.1) is 12.3 Å². The molecule has 1 amide bonds. The summed E-state index contributed by atoms with van der Waals surface area (Å²) in [6, 6.07) is 1.51.